The fourth-order valence-electron chi connectivity index (χ4n) is 3.61. The summed E-state index contributed by atoms with van der Waals surface area (Å²) in [5.41, 5.74) is 1.37. The maximum atomic E-state index is 12.6. The van der Waals surface area contributed by atoms with Crippen LogP contribution in [0.3, 0.4) is 0 Å². The molecule has 2 aromatic carbocycles. The van der Waals surface area contributed by atoms with Crippen LogP contribution in [-0.2, 0) is 9.59 Å². The molecule has 1 heterocycles. The second-order valence-corrected chi connectivity index (χ2v) is 8.93. The predicted octanol–water partition coefficient (Wildman–Crippen LogP) is 3.01. The molecular weight excluding hydrogens is 493 g/mol. The molecule has 10 heteroatoms. The number of carboxylic acid groups (broad SMARTS) is 1. The van der Waals surface area contributed by atoms with Gasteiger partial charge < -0.3 is 20.4 Å². The highest BCUT2D eigenvalue weighted by Crippen LogP contribution is 2.34. The Kier molecular flexibility index (Phi) is 8.89. The van der Waals surface area contributed by atoms with E-state index < -0.39 is 12.0 Å². The van der Waals surface area contributed by atoms with Crippen molar-refractivity contribution in [1.82, 2.24) is 4.90 Å². The number of anilines is 1. The van der Waals surface area contributed by atoms with Gasteiger partial charge >= 0.3 is 11.9 Å². The summed E-state index contributed by atoms with van der Waals surface area (Å²) in [4.78, 5) is 40.2. The normalized spacial score (nSPS) is 15.7. The highest BCUT2D eigenvalue weighted by molar-refractivity contribution is 6.45. The molecule has 0 radical (unpaired) electrons. The molecular formula is C25H26Cl2N3O5+. The number of aliphatic carboxylic acids is 1. The number of aliphatic hydroxyl groups excluding tert-OH is 1. The topological polar surface area (TPSA) is 121 Å². The van der Waals surface area contributed by atoms with Crippen LogP contribution in [0.4, 0.5) is 5.69 Å². The molecule has 0 saturated carbocycles. The second-order valence-electron chi connectivity index (χ2n) is 8.17. The second kappa shape index (κ2) is 11.9. The number of carbonyl (C=O) groups is 3. The number of hydrogen-bond donors (Lipinski definition) is 4. The van der Waals surface area contributed by atoms with Gasteiger partial charge in [0.15, 0.2) is 0 Å². The molecule has 0 aliphatic carbocycles. The van der Waals surface area contributed by atoms with Crippen molar-refractivity contribution in [3.8, 4) is 0 Å². The molecule has 1 saturated heterocycles. The predicted molar refractivity (Wildman–Crippen MR) is 135 cm³/mol. The summed E-state index contributed by atoms with van der Waals surface area (Å²) in [6.07, 6.45) is 3.97. The van der Waals surface area contributed by atoms with E-state index in [0.717, 1.165) is 0 Å². The molecule has 2 aromatic rings. The van der Waals surface area contributed by atoms with E-state index in [1.165, 1.54) is 13.0 Å². The Morgan fingerprint density at radius 2 is 1.71 bits per heavy atom. The summed E-state index contributed by atoms with van der Waals surface area (Å²) in [6, 6.07) is 11.1. The van der Waals surface area contributed by atoms with E-state index in [-0.39, 0.29) is 33.7 Å². The molecule has 8 nitrogen and oxygen atoms in total. The molecule has 3 rings (SSSR count). The van der Waals surface area contributed by atoms with Gasteiger partial charge in [-0.2, -0.15) is 0 Å². The number of aliphatic hydroxyl groups is 1. The Morgan fingerprint density at radius 3 is 2.34 bits per heavy atom. The number of nitrogens with zero attached hydrogens (tertiary/aromatic N) is 1. The lowest BCUT2D eigenvalue weighted by Crippen LogP contribution is -2.82. The summed E-state index contributed by atoms with van der Waals surface area (Å²) in [5, 5.41) is 22.2. The first-order valence-electron chi connectivity index (χ1n) is 11.0. The molecule has 0 bridgehead atoms. The monoisotopic (exact) mass is 518 g/mol. The van der Waals surface area contributed by atoms with Crippen molar-refractivity contribution >= 4 is 58.6 Å². The van der Waals surface area contributed by atoms with Crippen LogP contribution < -0.4 is 10.3 Å². The minimum absolute atomic E-state index is 0.0663. The SMILES string of the molecule is C[C@H]([NH+]=C(O)C1CCN(C(=O)/C=C/c2ccc(NC(=O)c3ccccc3)c(Cl)c2Cl)CC1)C(=O)O. The highest BCUT2D eigenvalue weighted by atomic mass is 35.5. The maximum absolute atomic E-state index is 12.6. The van der Waals surface area contributed by atoms with E-state index in [4.69, 9.17) is 28.3 Å². The zero-order chi connectivity index (χ0) is 25.5. The fourth-order valence-corrected chi connectivity index (χ4v) is 4.06. The lowest BCUT2D eigenvalue weighted by Gasteiger charge is -2.29. The average molecular weight is 519 g/mol. The van der Waals surface area contributed by atoms with E-state index in [0.29, 0.717) is 42.7 Å². The molecule has 0 spiro atoms. The van der Waals surface area contributed by atoms with Crippen LogP contribution >= 0.6 is 23.2 Å². The summed E-state index contributed by atoms with van der Waals surface area (Å²) in [7, 11) is 0. The summed E-state index contributed by atoms with van der Waals surface area (Å²) in [6.45, 7) is 2.28. The molecule has 1 fully saturated rings. The first-order valence-corrected chi connectivity index (χ1v) is 11.8. The number of likely N-dealkylation sites (tertiary alicyclic amines) is 1. The van der Waals surface area contributed by atoms with Gasteiger partial charge in [0.05, 0.1) is 21.7 Å². The number of benzene rings is 2. The van der Waals surface area contributed by atoms with Crippen LogP contribution in [0.25, 0.3) is 6.08 Å². The van der Waals surface area contributed by atoms with E-state index in [1.54, 1.807) is 47.4 Å². The molecule has 4 N–H and O–H groups in total. The Hall–Kier alpha value is -3.36. The minimum atomic E-state index is -1.06. The van der Waals surface area contributed by atoms with Gasteiger partial charge in [-0.3, -0.25) is 9.59 Å². The van der Waals surface area contributed by atoms with Crippen LogP contribution in [0.1, 0.15) is 35.7 Å². The van der Waals surface area contributed by atoms with Gasteiger partial charge in [-0.05, 0) is 42.7 Å². The zero-order valence-electron chi connectivity index (χ0n) is 19.0. The number of nitrogens with one attached hydrogen (secondary N) is 2. The molecule has 0 unspecified atom stereocenters. The van der Waals surface area contributed by atoms with E-state index in [2.05, 4.69) is 10.3 Å². The number of piperidine rings is 1. The molecule has 1 aliphatic heterocycles. The van der Waals surface area contributed by atoms with Gasteiger partial charge in [0, 0.05) is 31.7 Å². The highest BCUT2D eigenvalue weighted by Gasteiger charge is 2.30. The quantitative estimate of drug-likeness (QED) is 0.255. The van der Waals surface area contributed by atoms with Crippen molar-refractivity contribution in [2.75, 3.05) is 18.4 Å². The third-order valence-electron chi connectivity index (χ3n) is 5.73. The van der Waals surface area contributed by atoms with Crippen molar-refractivity contribution in [2.24, 2.45) is 5.92 Å². The Labute approximate surface area is 212 Å². The van der Waals surface area contributed by atoms with E-state index >= 15 is 0 Å². The average Bonchev–Trinajstić information content (AvgIpc) is 2.86. The van der Waals surface area contributed by atoms with Gasteiger partial charge in [-0.15, -0.1) is 0 Å². The van der Waals surface area contributed by atoms with Crippen molar-refractivity contribution in [2.45, 2.75) is 25.8 Å². The van der Waals surface area contributed by atoms with E-state index in [9.17, 15) is 19.5 Å². The van der Waals surface area contributed by atoms with Crippen LogP contribution in [0.5, 0.6) is 0 Å². The summed E-state index contributed by atoms with van der Waals surface area (Å²) in [5.74, 6) is -1.88. The number of carboxylic acids is 1. The number of carbonyl (C=O) groups excluding carboxylic acids is 2. The maximum Gasteiger partial charge on any atom is 0.372 e. The van der Waals surface area contributed by atoms with Crippen LogP contribution in [0.15, 0.2) is 48.5 Å². The van der Waals surface area contributed by atoms with Gasteiger partial charge in [-0.25, -0.2) is 9.79 Å². The first kappa shape index (κ1) is 26.2. The number of halogens is 2. The van der Waals surface area contributed by atoms with Gasteiger partial charge in [-0.1, -0.05) is 47.5 Å². The lowest BCUT2D eigenvalue weighted by molar-refractivity contribution is -0.497. The smallest absolute Gasteiger partial charge is 0.372 e. The van der Waals surface area contributed by atoms with Gasteiger partial charge in [0.2, 0.25) is 11.9 Å². The molecule has 35 heavy (non-hydrogen) atoms. The number of amides is 2. The number of rotatable bonds is 7. The van der Waals surface area contributed by atoms with Gasteiger partial charge in [0.1, 0.15) is 0 Å². The third kappa shape index (κ3) is 6.83. The molecule has 2 amide bonds. The van der Waals surface area contributed by atoms with Crippen molar-refractivity contribution in [3.63, 3.8) is 0 Å². The third-order valence-corrected chi connectivity index (χ3v) is 6.63. The van der Waals surface area contributed by atoms with E-state index in [1.807, 2.05) is 6.07 Å². The number of hydrogen-bond acceptors (Lipinski definition) is 3. The molecule has 184 valence electrons. The molecule has 1 atom stereocenters. The summed E-state index contributed by atoms with van der Waals surface area (Å²) < 4.78 is 0. The first-order chi connectivity index (χ1) is 16.7. The van der Waals surface area contributed by atoms with Crippen LogP contribution in [0, 0.1) is 5.92 Å². The lowest BCUT2D eigenvalue weighted by atomic mass is 9.96. The summed E-state index contributed by atoms with van der Waals surface area (Å²) >= 11 is 12.7. The largest absolute Gasteiger partial charge is 0.476 e. The van der Waals surface area contributed by atoms with Crippen LogP contribution in [0.2, 0.25) is 10.0 Å². The van der Waals surface area contributed by atoms with Crippen molar-refractivity contribution in [3.05, 3.63) is 69.7 Å². The minimum Gasteiger partial charge on any atom is -0.476 e. The van der Waals surface area contributed by atoms with Crippen LogP contribution in [-0.4, -0.2) is 57.9 Å². The fraction of sp³-hybridized carbons (Fsp3) is 0.280. The Bertz CT molecular complexity index is 1160. The molecule has 1 aliphatic rings. The van der Waals surface area contributed by atoms with Gasteiger partial charge in [0.25, 0.3) is 5.91 Å². The Morgan fingerprint density at radius 1 is 1.06 bits per heavy atom. The van der Waals surface area contributed by atoms with Crippen molar-refractivity contribution < 1.29 is 29.6 Å². The standard InChI is InChI=1S/C25H25Cl2N3O5/c1-15(25(34)35)28-23(32)18-11-13-30(14-12-18)20(31)10-8-16-7-9-19(22(27)21(16)26)29-24(33)17-5-3-2-4-6-17/h2-10,15,18H,11-14H2,1H3,(H,28,32)(H,29,33)(H,34,35)/p+1/b10-8+/t15-/m0/s1. The zero-order valence-corrected chi connectivity index (χ0v) is 20.5. The van der Waals surface area contributed by atoms with Crippen molar-refractivity contribution in [1.29, 1.82) is 0 Å². The molecule has 0 aromatic heterocycles. The Balaban J connectivity index is 1.60.